The van der Waals surface area contributed by atoms with E-state index in [1.165, 1.54) is 64.2 Å². The molecule has 1 aromatic rings. The summed E-state index contributed by atoms with van der Waals surface area (Å²) < 4.78 is 10.5. The van der Waals surface area contributed by atoms with Gasteiger partial charge < -0.3 is 14.8 Å². The molecule has 1 heterocycles. The molecule has 0 bridgehead atoms. The molecule has 0 aromatic heterocycles. The van der Waals surface area contributed by atoms with E-state index in [4.69, 9.17) is 9.47 Å². The van der Waals surface area contributed by atoms with Crippen molar-refractivity contribution in [3.63, 3.8) is 0 Å². The summed E-state index contributed by atoms with van der Waals surface area (Å²) in [4.78, 5) is 23.8. The number of alkyl carbamates (subject to hydrolysis) is 1. The molecular weight excluding hydrogens is 390 g/mol. The Labute approximate surface area is 187 Å². The summed E-state index contributed by atoms with van der Waals surface area (Å²) in [6.07, 6.45) is 13.8. The Bertz CT molecular complexity index is 707. The summed E-state index contributed by atoms with van der Waals surface area (Å²) in [6.45, 7) is 2.40. The fraction of sp³-hybridized carbons (Fsp3) is 0.615. The van der Waals surface area contributed by atoms with Crippen LogP contribution in [0, 0.1) is 11.8 Å². The van der Waals surface area contributed by atoms with Gasteiger partial charge in [0.25, 0.3) is 0 Å². The van der Waals surface area contributed by atoms with Crippen LogP contribution in [0.4, 0.5) is 4.79 Å². The van der Waals surface area contributed by atoms with Gasteiger partial charge in [0.15, 0.2) is 6.10 Å². The van der Waals surface area contributed by atoms with Crippen molar-refractivity contribution < 1.29 is 19.1 Å². The van der Waals surface area contributed by atoms with Gasteiger partial charge in [-0.05, 0) is 18.6 Å². The summed E-state index contributed by atoms with van der Waals surface area (Å²) in [5, 5.41) is 2.67. The summed E-state index contributed by atoms with van der Waals surface area (Å²) in [5.41, 5.74) is 0.463. The van der Waals surface area contributed by atoms with Crippen LogP contribution in [0.15, 0.2) is 30.3 Å². The Balaban J connectivity index is 1.66. The zero-order valence-electron chi connectivity index (χ0n) is 18.9. The Kier molecular flexibility index (Phi) is 12.3. The maximum atomic E-state index is 12.4. The van der Waals surface area contributed by atoms with Gasteiger partial charge in [-0.3, -0.25) is 0 Å². The van der Waals surface area contributed by atoms with Gasteiger partial charge in [-0.1, -0.05) is 101 Å². The van der Waals surface area contributed by atoms with E-state index in [2.05, 4.69) is 24.1 Å². The summed E-state index contributed by atoms with van der Waals surface area (Å²) >= 11 is 0. The molecule has 2 atom stereocenters. The van der Waals surface area contributed by atoms with Gasteiger partial charge in [0.2, 0.25) is 0 Å². The van der Waals surface area contributed by atoms with E-state index < -0.39 is 24.2 Å². The monoisotopic (exact) mass is 427 g/mol. The van der Waals surface area contributed by atoms with Crippen LogP contribution in [0.2, 0.25) is 0 Å². The lowest BCUT2D eigenvalue weighted by Gasteiger charge is -2.17. The standard InChI is InChI=1S/C26H37NO4/c1-2-3-4-5-6-7-8-9-10-11-12-13-17-20-24(23-21-30-26(29)27-23)31-25(28)22-18-15-14-16-19-22/h14-16,18-19,23-24H,2-13,21H2,1H3,(H,27,29)/t23-,24+/m0/s1. The van der Waals surface area contributed by atoms with E-state index in [-0.39, 0.29) is 6.61 Å². The molecule has 1 N–H and O–H groups in total. The van der Waals surface area contributed by atoms with Crippen molar-refractivity contribution in [3.8, 4) is 11.8 Å². The van der Waals surface area contributed by atoms with E-state index in [1.807, 2.05) is 6.07 Å². The van der Waals surface area contributed by atoms with Crippen LogP contribution < -0.4 is 5.32 Å². The van der Waals surface area contributed by atoms with E-state index in [0.717, 1.165) is 12.8 Å². The van der Waals surface area contributed by atoms with Gasteiger partial charge in [0, 0.05) is 6.42 Å². The first-order valence-corrected chi connectivity index (χ1v) is 11.9. The van der Waals surface area contributed by atoms with Gasteiger partial charge in [-0.15, -0.1) is 0 Å². The van der Waals surface area contributed by atoms with Gasteiger partial charge in [0.1, 0.15) is 12.6 Å². The molecule has 0 radical (unpaired) electrons. The van der Waals surface area contributed by atoms with Crippen LogP contribution in [0.1, 0.15) is 94.3 Å². The number of carbonyl (C=O) groups excluding carboxylic acids is 2. The average Bonchev–Trinajstić information content (AvgIpc) is 3.22. The number of amides is 1. The molecule has 5 nitrogen and oxygen atoms in total. The van der Waals surface area contributed by atoms with Crippen molar-refractivity contribution in [3.05, 3.63) is 35.9 Å². The first-order chi connectivity index (χ1) is 15.2. The molecule has 1 saturated heterocycles. The van der Waals surface area contributed by atoms with Crippen LogP contribution in [0.3, 0.4) is 0 Å². The third-order valence-electron chi connectivity index (χ3n) is 5.46. The summed E-state index contributed by atoms with van der Waals surface area (Å²) in [6, 6.07) is 8.36. The minimum absolute atomic E-state index is 0.151. The average molecular weight is 428 g/mol. The number of carbonyl (C=O) groups is 2. The van der Waals surface area contributed by atoms with Crippen molar-refractivity contribution in [1.82, 2.24) is 5.32 Å². The second-order valence-corrected chi connectivity index (χ2v) is 8.15. The molecule has 0 unspecified atom stereocenters. The maximum Gasteiger partial charge on any atom is 0.407 e. The predicted molar refractivity (Wildman–Crippen MR) is 123 cm³/mol. The second kappa shape index (κ2) is 15.3. The smallest absolute Gasteiger partial charge is 0.407 e. The molecule has 31 heavy (non-hydrogen) atoms. The highest BCUT2D eigenvalue weighted by atomic mass is 16.6. The lowest BCUT2D eigenvalue weighted by atomic mass is 10.1. The molecule has 1 aliphatic rings. The number of esters is 1. The Hall–Kier alpha value is -2.48. The number of hydrogen-bond acceptors (Lipinski definition) is 4. The Morgan fingerprint density at radius 2 is 1.65 bits per heavy atom. The quantitative estimate of drug-likeness (QED) is 0.224. The molecule has 5 heteroatoms. The number of benzene rings is 1. The lowest BCUT2D eigenvalue weighted by molar-refractivity contribution is 0.0346. The van der Waals surface area contributed by atoms with Crippen molar-refractivity contribution in [2.24, 2.45) is 0 Å². The first kappa shape index (κ1) is 24.8. The number of rotatable bonds is 14. The minimum atomic E-state index is -0.716. The molecule has 2 rings (SSSR count). The Morgan fingerprint density at radius 3 is 2.23 bits per heavy atom. The Morgan fingerprint density at radius 1 is 1.03 bits per heavy atom. The van der Waals surface area contributed by atoms with Crippen molar-refractivity contribution >= 4 is 12.1 Å². The SMILES string of the molecule is CCCCCCCCCCCCCC#C[C@@H](OC(=O)c1ccccc1)[C@@H]1COC(=O)N1. The maximum absolute atomic E-state index is 12.4. The normalized spacial score (nSPS) is 16.0. The summed E-state index contributed by atoms with van der Waals surface area (Å²) in [7, 11) is 0. The van der Waals surface area contributed by atoms with Gasteiger partial charge in [-0.2, -0.15) is 0 Å². The third-order valence-corrected chi connectivity index (χ3v) is 5.46. The largest absolute Gasteiger partial charge is 0.447 e. The van der Waals surface area contributed by atoms with E-state index in [9.17, 15) is 9.59 Å². The number of ether oxygens (including phenoxy) is 2. The highest BCUT2D eigenvalue weighted by Crippen LogP contribution is 2.13. The number of cyclic esters (lactones) is 1. The van der Waals surface area contributed by atoms with Crippen LogP contribution in [0.5, 0.6) is 0 Å². The topological polar surface area (TPSA) is 64.6 Å². The number of hydrogen-bond donors (Lipinski definition) is 1. The second-order valence-electron chi connectivity index (χ2n) is 8.15. The highest BCUT2D eigenvalue weighted by Gasteiger charge is 2.32. The highest BCUT2D eigenvalue weighted by molar-refractivity contribution is 5.89. The summed E-state index contributed by atoms with van der Waals surface area (Å²) in [5.74, 6) is 5.71. The lowest BCUT2D eigenvalue weighted by Crippen LogP contribution is -2.40. The van der Waals surface area contributed by atoms with E-state index >= 15 is 0 Å². The van der Waals surface area contributed by atoms with Crippen LogP contribution in [-0.4, -0.2) is 30.8 Å². The fourth-order valence-corrected chi connectivity index (χ4v) is 3.58. The molecule has 170 valence electrons. The molecule has 1 amide bonds. The molecular formula is C26H37NO4. The van der Waals surface area contributed by atoms with Crippen molar-refractivity contribution in [2.45, 2.75) is 96.1 Å². The molecule has 1 aliphatic heterocycles. The molecule has 0 saturated carbocycles. The minimum Gasteiger partial charge on any atom is -0.447 e. The first-order valence-electron chi connectivity index (χ1n) is 11.9. The molecule has 1 aromatic carbocycles. The third kappa shape index (κ3) is 10.4. The van der Waals surface area contributed by atoms with Gasteiger partial charge >= 0.3 is 12.1 Å². The van der Waals surface area contributed by atoms with E-state index in [1.54, 1.807) is 24.3 Å². The fourth-order valence-electron chi connectivity index (χ4n) is 3.58. The van der Waals surface area contributed by atoms with Crippen molar-refractivity contribution in [2.75, 3.05) is 6.61 Å². The zero-order chi connectivity index (χ0) is 22.2. The number of nitrogens with one attached hydrogen (secondary N) is 1. The molecule has 0 aliphatic carbocycles. The van der Waals surface area contributed by atoms with Gasteiger partial charge in [-0.25, -0.2) is 9.59 Å². The van der Waals surface area contributed by atoms with Crippen LogP contribution in [-0.2, 0) is 9.47 Å². The van der Waals surface area contributed by atoms with Crippen LogP contribution >= 0.6 is 0 Å². The van der Waals surface area contributed by atoms with E-state index in [0.29, 0.717) is 5.56 Å². The van der Waals surface area contributed by atoms with Crippen LogP contribution in [0.25, 0.3) is 0 Å². The van der Waals surface area contributed by atoms with Crippen molar-refractivity contribution in [1.29, 1.82) is 0 Å². The molecule has 0 spiro atoms. The van der Waals surface area contributed by atoms with Gasteiger partial charge in [0.05, 0.1) is 5.56 Å². The number of unbranched alkanes of at least 4 members (excludes halogenated alkanes) is 11. The predicted octanol–water partition coefficient (Wildman–Crippen LogP) is 6.02. The zero-order valence-corrected chi connectivity index (χ0v) is 18.9. The molecule has 1 fully saturated rings.